The molecule has 0 amide bonds. The van der Waals surface area contributed by atoms with E-state index in [0.717, 1.165) is 16.1 Å². The summed E-state index contributed by atoms with van der Waals surface area (Å²) in [5.74, 6) is -1.33. The summed E-state index contributed by atoms with van der Waals surface area (Å²) in [7, 11) is -2.50. The molecular formula is C13H15N3O4S. The van der Waals surface area contributed by atoms with Crippen LogP contribution in [0, 0.1) is 0 Å². The van der Waals surface area contributed by atoms with E-state index >= 15 is 0 Å². The number of sulfonamides is 1. The highest BCUT2D eigenvalue weighted by molar-refractivity contribution is 7.89. The van der Waals surface area contributed by atoms with E-state index in [-0.39, 0.29) is 12.1 Å². The van der Waals surface area contributed by atoms with Crippen molar-refractivity contribution >= 4 is 16.0 Å². The van der Waals surface area contributed by atoms with Crippen LogP contribution in [0.4, 0.5) is 0 Å². The molecule has 0 aliphatic rings. The summed E-state index contributed by atoms with van der Waals surface area (Å²) in [6.07, 6.45) is 1.52. The number of H-pyrrole nitrogens is 1. The second-order valence-corrected chi connectivity index (χ2v) is 6.46. The second kappa shape index (κ2) is 6.06. The van der Waals surface area contributed by atoms with Crippen molar-refractivity contribution < 1.29 is 18.3 Å². The predicted molar refractivity (Wildman–Crippen MR) is 75.5 cm³/mol. The highest BCUT2D eigenvalue weighted by Gasteiger charge is 2.28. The number of hydrogen-bond donors (Lipinski definition) is 2. The molecule has 2 N–H and O–H groups in total. The molecule has 1 heterocycles. The molecule has 8 heteroatoms. The van der Waals surface area contributed by atoms with E-state index < -0.39 is 21.0 Å². The molecule has 0 fully saturated rings. The van der Waals surface area contributed by atoms with Gasteiger partial charge in [-0.25, -0.2) is 13.2 Å². The molecule has 1 aromatic carbocycles. The van der Waals surface area contributed by atoms with E-state index in [1.54, 1.807) is 0 Å². The van der Waals surface area contributed by atoms with Crippen LogP contribution in [0.3, 0.4) is 0 Å². The number of aromatic nitrogens is 2. The summed E-state index contributed by atoms with van der Waals surface area (Å²) in [6.45, 7) is 0.241. The first-order valence-electron chi connectivity index (χ1n) is 6.20. The van der Waals surface area contributed by atoms with Gasteiger partial charge in [0.1, 0.15) is 5.56 Å². The molecule has 2 aromatic rings. The van der Waals surface area contributed by atoms with Crippen molar-refractivity contribution in [1.82, 2.24) is 14.5 Å². The summed E-state index contributed by atoms with van der Waals surface area (Å²) in [5.41, 5.74) is 0.643. The molecule has 0 aliphatic heterocycles. The summed E-state index contributed by atoms with van der Waals surface area (Å²) in [6, 6.07) is 9.44. The second-order valence-electron chi connectivity index (χ2n) is 4.48. The summed E-state index contributed by atoms with van der Waals surface area (Å²) < 4.78 is 25.8. The smallest absolute Gasteiger partial charge is 0.340 e. The van der Waals surface area contributed by atoms with Crippen molar-refractivity contribution in [3.05, 3.63) is 47.7 Å². The van der Waals surface area contributed by atoms with Crippen LogP contribution >= 0.6 is 0 Å². The Morgan fingerprint density at radius 3 is 2.62 bits per heavy atom. The lowest BCUT2D eigenvalue weighted by molar-refractivity contribution is 0.0692. The van der Waals surface area contributed by atoms with Crippen LogP contribution in [0.5, 0.6) is 0 Å². The molecule has 1 aromatic heterocycles. The molecule has 2 rings (SSSR count). The summed E-state index contributed by atoms with van der Waals surface area (Å²) in [5, 5.41) is 14.3. The fourth-order valence-electron chi connectivity index (χ4n) is 1.83. The Labute approximate surface area is 122 Å². The zero-order chi connectivity index (χ0) is 15.5. The fraction of sp³-hybridized carbons (Fsp3) is 0.231. The first-order chi connectivity index (χ1) is 9.93. The monoisotopic (exact) mass is 309 g/mol. The number of hydrogen-bond acceptors (Lipinski definition) is 4. The Kier molecular flexibility index (Phi) is 4.39. The average Bonchev–Trinajstić information content (AvgIpc) is 2.96. The highest BCUT2D eigenvalue weighted by atomic mass is 32.2. The molecular weight excluding hydrogens is 294 g/mol. The minimum atomic E-state index is -3.91. The number of aromatic carboxylic acids is 1. The van der Waals surface area contributed by atoms with Crippen molar-refractivity contribution in [1.29, 1.82) is 0 Å². The minimum Gasteiger partial charge on any atom is -0.478 e. The van der Waals surface area contributed by atoms with Gasteiger partial charge in [-0.1, -0.05) is 30.3 Å². The summed E-state index contributed by atoms with van der Waals surface area (Å²) >= 11 is 0. The van der Waals surface area contributed by atoms with Crippen LogP contribution in [0.1, 0.15) is 15.9 Å². The van der Waals surface area contributed by atoms with Crippen LogP contribution < -0.4 is 0 Å². The van der Waals surface area contributed by atoms with Gasteiger partial charge in [-0.3, -0.25) is 5.10 Å². The van der Waals surface area contributed by atoms with E-state index in [4.69, 9.17) is 5.11 Å². The number of carboxylic acid groups (broad SMARTS) is 1. The SMILES string of the molecule is CN(CCc1ccccc1)S(=O)(=O)c1[nH]ncc1C(=O)O. The van der Waals surface area contributed by atoms with Gasteiger partial charge in [0.25, 0.3) is 10.0 Å². The Bertz CT molecular complexity index is 725. The first-order valence-corrected chi connectivity index (χ1v) is 7.64. The molecule has 0 unspecified atom stereocenters. The molecule has 0 saturated carbocycles. The standard InChI is InChI=1S/C13H15N3O4S/c1-16(8-7-10-5-3-2-4-6-10)21(19,20)12-11(13(17)18)9-14-15-12/h2-6,9H,7-8H2,1H3,(H,14,15)(H,17,18). The number of benzene rings is 1. The predicted octanol–water partition coefficient (Wildman–Crippen LogP) is 0.971. The summed E-state index contributed by atoms with van der Waals surface area (Å²) in [4.78, 5) is 11.0. The molecule has 0 saturated heterocycles. The number of aromatic amines is 1. The Morgan fingerprint density at radius 1 is 1.33 bits per heavy atom. The van der Waals surface area contributed by atoms with Gasteiger partial charge >= 0.3 is 5.97 Å². The van der Waals surface area contributed by atoms with Crippen LogP contribution in [-0.4, -0.2) is 47.6 Å². The van der Waals surface area contributed by atoms with Gasteiger partial charge in [-0.05, 0) is 12.0 Å². The zero-order valence-electron chi connectivity index (χ0n) is 11.4. The lowest BCUT2D eigenvalue weighted by Crippen LogP contribution is -2.30. The number of carboxylic acids is 1. The topological polar surface area (TPSA) is 103 Å². The van der Waals surface area contributed by atoms with Crippen molar-refractivity contribution in [2.24, 2.45) is 0 Å². The van der Waals surface area contributed by atoms with Crippen molar-refractivity contribution in [2.45, 2.75) is 11.4 Å². The van der Waals surface area contributed by atoms with Crippen LogP contribution in [-0.2, 0) is 16.4 Å². The van der Waals surface area contributed by atoms with Gasteiger partial charge in [0.05, 0.1) is 6.20 Å². The number of rotatable bonds is 6. The quantitative estimate of drug-likeness (QED) is 0.827. The molecule has 0 aliphatic carbocycles. The molecule has 0 bridgehead atoms. The van der Waals surface area contributed by atoms with Crippen molar-refractivity contribution in [3.8, 4) is 0 Å². The third-order valence-electron chi connectivity index (χ3n) is 3.06. The largest absolute Gasteiger partial charge is 0.478 e. The van der Waals surface area contributed by atoms with Crippen LogP contribution in [0.2, 0.25) is 0 Å². The van der Waals surface area contributed by atoms with Gasteiger partial charge in [0, 0.05) is 13.6 Å². The lowest BCUT2D eigenvalue weighted by atomic mass is 10.2. The maximum Gasteiger partial charge on any atom is 0.340 e. The van der Waals surface area contributed by atoms with E-state index in [2.05, 4.69) is 10.2 Å². The lowest BCUT2D eigenvalue weighted by Gasteiger charge is -2.16. The first kappa shape index (κ1) is 15.2. The van der Waals surface area contributed by atoms with Crippen molar-refractivity contribution in [3.63, 3.8) is 0 Å². The molecule has 112 valence electrons. The van der Waals surface area contributed by atoms with E-state index in [1.807, 2.05) is 30.3 Å². The van der Waals surface area contributed by atoms with E-state index in [0.29, 0.717) is 6.42 Å². The van der Waals surface area contributed by atoms with Gasteiger partial charge in [-0.2, -0.15) is 9.40 Å². The Balaban J connectivity index is 2.15. The van der Waals surface area contributed by atoms with Gasteiger partial charge in [-0.15, -0.1) is 0 Å². The molecule has 0 atom stereocenters. The third kappa shape index (κ3) is 3.29. The Hall–Kier alpha value is -2.19. The normalized spacial score (nSPS) is 11.7. The van der Waals surface area contributed by atoms with E-state index in [9.17, 15) is 13.2 Å². The zero-order valence-corrected chi connectivity index (χ0v) is 12.2. The van der Waals surface area contributed by atoms with Gasteiger partial charge in [0.15, 0.2) is 5.03 Å². The van der Waals surface area contributed by atoms with Crippen LogP contribution in [0.25, 0.3) is 0 Å². The Morgan fingerprint density at radius 2 is 2.00 bits per heavy atom. The maximum atomic E-state index is 12.3. The molecule has 21 heavy (non-hydrogen) atoms. The van der Waals surface area contributed by atoms with Gasteiger partial charge < -0.3 is 5.11 Å². The number of nitrogens with zero attached hydrogens (tertiary/aromatic N) is 2. The van der Waals surface area contributed by atoms with Crippen LogP contribution in [0.15, 0.2) is 41.6 Å². The minimum absolute atomic E-state index is 0.241. The van der Waals surface area contributed by atoms with E-state index in [1.165, 1.54) is 7.05 Å². The number of carbonyl (C=O) groups is 1. The fourth-order valence-corrected chi connectivity index (χ4v) is 3.06. The molecule has 7 nitrogen and oxygen atoms in total. The maximum absolute atomic E-state index is 12.3. The molecule has 0 radical (unpaired) electrons. The molecule has 0 spiro atoms. The average molecular weight is 309 g/mol. The van der Waals surface area contributed by atoms with Crippen molar-refractivity contribution in [2.75, 3.05) is 13.6 Å². The number of likely N-dealkylation sites (N-methyl/N-ethyl adjacent to an activating group) is 1. The van der Waals surface area contributed by atoms with Gasteiger partial charge in [0.2, 0.25) is 0 Å². The number of nitrogens with one attached hydrogen (secondary N) is 1. The third-order valence-corrected chi connectivity index (χ3v) is 4.89. The highest BCUT2D eigenvalue weighted by Crippen LogP contribution is 2.16.